The molecular weight excluding hydrogens is 591 g/mol. The van der Waals surface area contributed by atoms with Crippen LogP contribution < -0.4 is 4.90 Å². The zero-order valence-corrected chi connectivity index (χ0v) is 25.2. The smallest absolute Gasteiger partial charge is 0.415 e. The molecule has 2 aliphatic rings. The van der Waals surface area contributed by atoms with Crippen molar-refractivity contribution >= 4 is 58.4 Å². The number of hydrogen-bond donors (Lipinski definition) is 0. The van der Waals surface area contributed by atoms with Crippen molar-refractivity contribution in [1.29, 1.82) is 0 Å². The van der Waals surface area contributed by atoms with E-state index in [-0.39, 0.29) is 24.9 Å². The van der Waals surface area contributed by atoms with Crippen molar-refractivity contribution in [3.05, 3.63) is 68.9 Å². The first-order valence-corrected chi connectivity index (χ1v) is 14.2. The number of rotatable bonds is 4. The van der Waals surface area contributed by atoms with Crippen molar-refractivity contribution in [2.75, 3.05) is 24.5 Å². The highest BCUT2D eigenvalue weighted by Crippen LogP contribution is 2.42. The molecule has 0 aliphatic carbocycles. The van der Waals surface area contributed by atoms with Gasteiger partial charge in [-0.05, 0) is 51.5 Å². The average molecular weight is 620 g/mol. The minimum Gasteiger partial charge on any atom is -0.443 e. The molecule has 0 saturated carbocycles. The Morgan fingerprint density at radius 3 is 2.44 bits per heavy atom. The maximum absolute atomic E-state index is 13.8. The first-order valence-electron chi connectivity index (χ1n) is 13.1. The third kappa shape index (κ3) is 5.86. The Kier molecular flexibility index (Phi) is 7.93. The van der Waals surface area contributed by atoms with Crippen molar-refractivity contribution in [1.82, 2.24) is 24.8 Å². The van der Waals surface area contributed by atoms with Gasteiger partial charge in [0.25, 0.3) is 0 Å². The predicted octanol–water partition coefficient (Wildman–Crippen LogP) is 5.33. The molecule has 0 radical (unpaired) electrons. The van der Waals surface area contributed by atoms with E-state index in [1.165, 1.54) is 15.6 Å². The van der Waals surface area contributed by atoms with Crippen LogP contribution in [-0.4, -0.2) is 74.0 Å². The minimum atomic E-state index is -0.684. The zero-order chi connectivity index (χ0) is 29.6. The van der Waals surface area contributed by atoms with E-state index in [9.17, 15) is 14.4 Å². The van der Waals surface area contributed by atoms with Crippen molar-refractivity contribution in [2.24, 2.45) is 0 Å². The number of piperazine rings is 1. The third-order valence-corrected chi connectivity index (χ3v) is 8.06. The quantitative estimate of drug-likeness (QED) is 0.366. The molecule has 41 heavy (non-hydrogen) atoms. The molecule has 2 aliphatic heterocycles. The number of hydrogen-bond acceptors (Lipinski definition) is 6. The van der Waals surface area contributed by atoms with Gasteiger partial charge in [0.1, 0.15) is 11.3 Å². The molecule has 1 saturated heterocycles. The second kappa shape index (κ2) is 11.2. The van der Waals surface area contributed by atoms with Gasteiger partial charge in [-0.3, -0.25) is 14.5 Å². The predicted molar refractivity (Wildman–Crippen MR) is 156 cm³/mol. The summed E-state index contributed by atoms with van der Waals surface area (Å²) in [6, 6.07) is 9.95. The van der Waals surface area contributed by atoms with Crippen LogP contribution in [0, 0.1) is 0 Å². The van der Waals surface area contributed by atoms with Gasteiger partial charge in [-0.1, -0.05) is 58.2 Å². The van der Waals surface area contributed by atoms with Crippen LogP contribution in [-0.2, 0) is 20.9 Å². The van der Waals surface area contributed by atoms with E-state index < -0.39 is 23.7 Å². The molecule has 10 nitrogen and oxygen atoms in total. The van der Waals surface area contributed by atoms with Crippen LogP contribution in [0.1, 0.15) is 44.9 Å². The highest BCUT2D eigenvalue weighted by atomic mass is 35.5. The fourth-order valence-electron chi connectivity index (χ4n) is 5.15. The number of amides is 3. The van der Waals surface area contributed by atoms with E-state index >= 15 is 0 Å². The van der Waals surface area contributed by atoms with Gasteiger partial charge in [0, 0.05) is 13.1 Å². The van der Waals surface area contributed by atoms with Gasteiger partial charge in [-0.2, -0.15) is 0 Å². The highest BCUT2D eigenvalue weighted by Gasteiger charge is 2.46. The zero-order valence-electron chi connectivity index (χ0n) is 23.0. The summed E-state index contributed by atoms with van der Waals surface area (Å²) in [5, 5.41) is 9.29. The normalized spacial score (nSPS) is 19.0. The SMILES string of the molecule is CC1C(C(=O)N2CCN(Cc3cn(-c4cc(Cl)c(Cl)cc4Cl)nn3)C(=O)C2)c2ccccc2N1C(=O)OC(C)(C)C. The standard InChI is InChI=1S/C28H29Cl3N6O4/c1-16-25(18-7-5-6-8-22(18)37(16)27(40)41-28(2,3)4)26(39)35-10-9-34(24(38)15-35)13-17-14-36(33-32-17)23-12-20(30)19(29)11-21(23)31/h5-8,11-12,14,16,25H,9-10,13,15H2,1-4H3. The first-order chi connectivity index (χ1) is 19.3. The van der Waals surface area contributed by atoms with Gasteiger partial charge in [-0.25, -0.2) is 9.48 Å². The van der Waals surface area contributed by atoms with Crippen molar-refractivity contribution in [2.45, 2.75) is 51.8 Å². The third-order valence-electron chi connectivity index (χ3n) is 7.04. The molecule has 0 bridgehead atoms. The van der Waals surface area contributed by atoms with Gasteiger partial charge in [0.05, 0.1) is 57.7 Å². The van der Waals surface area contributed by atoms with Crippen LogP contribution in [0.2, 0.25) is 15.1 Å². The van der Waals surface area contributed by atoms with E-state index in [0.717, 1.165) is 5.56 Å². The van der Waals surface area contributed by atoms with Gasteiger partial charge in [0.15, 0.2) is 0 Å². The van der Waals surface area contributed by atoms with E-state index in [1.807, 2.05) is 31.2 Å². The lowest BCUT2D eigenvalue weighted by Gasteiger charge is -2.36. The fraction of sp³-hybridized carbons (Fsp3) is 0.393. The van der Waals surface area contributed by atoms with Gasteiger partial charge in [0.2, 0.25) is 11.8 Å². The Labute approximate surface area is 252 Å². The molecule has 0 N–H and O–H groups in total. The lowest BCUT2D eigenvalue weighted by molar-refractivity contribution is -0.146. The van der Waals surface area contributed by atoms with Crippen molar-refractivity contribution in [3.63, 3.8) is 0 Å². The Hall–Kier alpha value is -3.34. The number of benzene rings is 2. The molecule has 1 fully saturated rings. The Bertz CT molecular complexity index is 1520. The highest BCUT2D eigenvalue weighted by molar-refractivity contribution is 6.43. The summed E-state index contributed by atoms with van der Waals surface area (Å²) in [6.07, 6.45) is 1.16. The molecule has 2 unspecified atom stereocenters. The van der Waals surface area contributed by atoms with Crippen LogP contribution in [0.25, 0.3) is 5.69 Å². The number of anilines is 1. The monoisotopic (exact) mass is 618 g/mol. The lowest BCUT2D eigenvalue weighted by Crippen LogP contribution is -2.54. The second-order valence-electron chi connectivity index (χ2n) is 11.1. The van der Waals surface area contributed by atoms with Crippen LogP contribution in [0.4, 0.5) is 10.5 Å². The molecule has 3 amide bonds. The Balaban J connectivity index is 1.27. The van der Waals surface area contributed by atoms with E-state index in [4.69, 9.17) is 39.5 Å². The van der Waals surface area contributed by atoms with Crippen molar-refractivity contribution < 1.29 is 19.1 Å². The number of para-hydroxylation sites is 1. The average Bonchev–Trinajstić information content (AvgIpc) is 3.47. The lowest BCUT2D eigenvalue weighted by atomic mass is 9.94. The van der Waals surface area contributed by atoms with E-state index in [1.54, 1.807) is 42.8 Å². The maximum Gasteiger partial charge on any atom is 0.415 e. The Morgan fingerprint density at radius 2 is 1.73 bits per heavy atom. The van der Waals surface area contributed by atoms with E-state index in [0.29, 0.717) is 45.2 Å². The maximum atomic E-state index is 13.8. The summed E-state index contributed by atoms with van der Waals surface area (Å²) in [4.78, 5) is 44.7. The summed E-state index contributed by atoms with van der Waals surface area (Å²) < 4.78 is 7.10. The Morgan fingerprint density at radius 1 is 1.02 bits per heavy atom. The van der Waals surface area contributed by atoms with Crippen LogP contribution in [0.3, 0.4) is 0 Å². The van der Waals surface area contributed by atoms with Gasteiger partial charge >= 0.3 is 6.09 Å². The number of nitrogens with zero attached hydrogens (tertiary/aromatic N) is 6. The summed E-state index contributed by atoms with van der Waals surface area (Å²) >= 11 is 18.4. The summed E-state index contributed by atoms with van der Waals surface area (Å²) in [6.45, 7) is 8.03. The topological polar surface area (TPSA) is 101 Å². The van der Waals surface area contributed by atoms with E-state index in [2.05, 4.69) is 10.3 Å². The number of aromatic nitrogens is 3. The molecule has 1 aromatic heterocycles. The minimum absolute atomic E-state index is 0.0799. The summed E-state index contributed by atoms with van der Waals surface area (Å²) in [5.41, 5.74) is 1.75. The molecule has 2 atom stereocenters. The second-order valence-corrected chi connectivity index (χ2v) is 12.3. The molecule has 13 heteroatoms. The molecule has 2 aromatic carbocycles. The fourth-order valence-corrected chi connectivity index (χ4v) is 5.77. The number of carbonyl (C=O) groups excluding carboxylic acids is 3. The molecule has 3 aromatic rings. The van der Waals surface area contributed by atoms with Crippen molar-refractivity contribution in [3.8, 4) is 5.69 Å². The van der Waals surface area contributed by atoms with Crippen LogP contribution in [0.5, 0.6) is 0 Å². The molecule has 0 spiro atoms. The number of halogens is 3. The summed E-state index contributed by atoms with van der Waals surface area (Å²) in [7, 11) is 0. The molecule has 216 valence electrons. The molecule has 5 rings (SSSR count). The van der Waals surface area contributed by atoms with Gasteiger partial charge in [-0.15, -0.1) is 5.10 Å². The number of ether oxygens (including phenoxy) is 1. The molecule has 3 heterocycles. The largest absolute Gasteiger partial charge is 0.443 e. The number of carbonyl (C=O) groups is 3. The van der Waals surface area contributed by atoms with Gasteiger partial charge < -0.3 is 14.5 Å². The first kappa shape index (κ1) is 29.2. The molecular formula is C28H29Cl3N6O4. The van der Waals surface area contributed by atoms with Crippen LogP contribution in [0.15, 0.2) is 42.6 Å². The number of fused-ring (bicyclic) bond motifs is 1. The summed E-state index contributed by atoms with van der Waals surface area (Å²) in [5.74, 6) is -1.03. The van der Waals surface area contributed by atoms with Crippen LogP contribution >= 0.6 is 34.8 Å².